The van der Waals surface area contributed by atoms with Crippen molar-refractivity contribution in [2.75, 3.05) is 0 Å². The van der Waals surface area contributed by atoms with E-state index in [1.807, 2.05) is 13.0 Å². The zero-order valence-corrected chi connectivity index (χ0v) is 11.6. The van der Waals surface area contributed by atoms with E-state index in [9.17, 15) is 10.1 Å². The summed E-state index contributed by atoms with van der Waals surface area (Å²) in [5.41, 5.74) is 2.26. The van der Waals surface area contributed by atoms with Crippen LogP contribution in [0.4, 0.5) is 0 Å². The molecular weight excluding hydrogens is 260 g/mol. The van der Waals surface area contributed by atoms with Gasteiger partial charge in [0.2, 0.25) is 0 Å². The molecular formula is C15H15ClN2O. The number of carbonyl (C=O) groups is 1. The second-order valence-corrected chi connectivity index (χ2v) is 5.73. The Morgan fingerprint density at radius 3 is 2.68 bits per heavy atom. The molecule has 0 N–H and O–H groups in total. The molecule has 3 rings (SSSR count). The Kier molecular flexibility index (Phi) is 2.99. The first-order valence-electron chi connectivity index (χ1n) is 6.66. The van der Waals surface area contributed by atoms with Gasteiger partial charge in [0.25, 0.3) is 5.91 Å². The van der Waals surface area contributed by atoms with Crippen LogP contribution < -0.4 is 0 Å². The predicted octanol–water partition coefficient (Wildman–Crippen LogP) is 3.61. The minimum atomic E-state index is -0.443. The Bertz CT molecular complexity index is 585. The molecule has 1 aromatic rings. The molecule has 19 heavy (non-hydrogen) atoms. The maximum atomic E-state index is 12.6. The van der Waals surface area contributed by atoms with Gasteiger partial charge in [-0.25, -0.2) is 0 Å². The number of amides is 1. The summed E-state index contributed by atoms with van der Waals surface area (Å²) in [6, 6.07) is 5.66. The van der Waals surface area contributed by atoms with Crippen LogP contribution >= 0.6 is 11.6 Å². The first kappa shape index (κ1) is 12.5. The lowest BCUT2D eigenvalue weighted by Gasteiger charge is -2.26. The predicted molar refractivity (Wildman–Crippen MR) is 73.0 cm³/mol. The van der Waals surface area contributed by atoms with Gasteiger partial charge in [-0.2, -0.15) is 5.26 Å². The molecule has 0 bridgehead atoms. The molecule has 1 aliphatic heterocycles. The molecule has 0 spiro atoms. The van der Waals surface area contributed by atoms with Crippen molar-refractivity contribution in [1.29, 1.82) is 5.26 Å². The lowest BCUT2D eigenvalue weighted by Crippen LogP contribution is -2.36. The molecule has 1 saturated carbocycles. The normalized spacial score (nSPS) is 22.7. The van der Waals surface area contributed by atoms with Gasteiger partial charge in [-0.05, 0) is 31.4 Å². The summed E-state index contributed by atoms with van der Waals surface area (Å²) in [6.07, 6.45) is 4.29. The third kappa shape index (κ3) is 1.74. The molecule has 0 saturated heterocycles. The van der Waals surface area contributed by atoms with Crippen molar-refractivity contribution in [1.82, 2.24) is 4.90 Å². The van der Waals surface area contributed by atoms with Crippen LogP contribution in [0.1, 0.15) is 53.2 Å². The van der Waals surface area contributed by atoms with E-state index < -0.39 is 6.04 Å². The smallest absolute Gasteiger partial charge is 0.256 e. The van der Waals surface area contributed by atoms with Gasteiger partial charge < -0.3 is 4.90 Å². The fourth-order valence-electron chi connectivity index (χ4n) is 3.31. The van der Waals surface area contributed by atoms with Crippen molar-refractivity contribution in [3.8, 4) is 6.07 Å². The number of halogens is 1. The van der Waals surface area contributed by atoms with Crippen LogP contribution in [0.25, 0.3) is 0 Å². The van der Waals surface area contributed by atoms with Gasteiger partial charge in [-0.3, -0.25) is 4.79 Å². The summed E-state index contributed by atoms with van der Waals surface area (Å²) in [5, 5.41) is 10.0. The number of hydrogen-bond acceptors (Lipinski definition) is 2. The van der Waals surface area contributed by atoms with E-state index in [1.165, 1.54) is 0 Å². The molecule has 0 radical (unpaired) electrons. The first-order chi connectivity index (χ1) is 9.15. The lowest BCUT2D eigenvalue weighted by atomic mass is 10.0. The highest BCUT2D eigenvalue weighted by Crippen LogP contribution is 2.41. The van der Waals surface area contributed by atoms with Gasteiger partial charge in [0.1, 0.15) is 6.04 Å². The maximum absolute atomic E-state index is 12.6. The molecule has 1 fully saturated rings. The minimum absolute atomic E-state index is 0.0200. The van der Waals surface area contributed by atoms with E-state index in [-0.39, 0.29) is 11.9 Å². The third-order valence-electron chi connectivity index (χ3n) is 4.29. The van der Waals surface area contributed by atoms with Gasteiger partial charge >= 0.3 is 0 Å². The number of fused-ring (bicyclic) bond motifs is 1. The number of rotatable bonds is 1. The Balaban J connectivity index is 2.10. The van der Waals surface area contributed by atoms with Crippen LogP contribution in [0.15, 0.2) is 12.1 Å². The summed E-state index contributed by atoms with van der Waals surface area (Å²) >= 11 is 6.10. The van der Waals surface area contributed by atoms with Crippen LogP contribution in [0.5, 0.6) is 0 Å². The van der Waals surface area contributed by atoms with E-state index in [1.54, 1.807) is 11.0 Å². The molecule has 1 aromatic carbocycles. The number of benzene rings is 1. The van der Waals surface area contributed by atoms with Gasteiger partial charge in [0, 0.05) is 16.6 Å². The fraction of sp³-hybridized carbons (Fsp3) is 0.467. The van der Waals surface area contributed by atoms with Crippen molar-refractivity contribution >= 4 is 17.5 Å². The highest BCUT2D eigenvalue weighted by Gasteiger charge is 2.42. The van der Waals surface area contributed by atoms with Gasteiger partial charge in [0.05, 0.1) is 11.6 Å². The van der Waals surface area contributed by atoms with Crippen molar-refractivity contribution in [2.45, 2.75) is 44.7 Å². The first-order valence-corrected chi connectivity index (χ1v) is 7.04. The van der Waals surface area contributed by atoms with Crippen LogP contribution in [-0.4, -0.2) is 16.8 Å². The van der Waals surface area contributed by atoms with Gasteiger partial charge in [-0.15, -0.1) is 0 Å². The van der Waals surface area contributed by atoms with Crippen molar-refractivity contribution in [3.63, 3.8) is 0 Å². The van der Waals surface area contributed by atoms with Crippen LogP contribution in [0.3, 0.4) is 0 Å². The summed E-state index contributed by atoms with van der Waals surface area (Å²) in [7, 11) is 0. The summed E-state index contributed by atoms with van der Waals surface area (Å²) < 4.78 is 0. The molecule has 3 nitrogen and oxygen atoms in total. The maximum Gasteiger partial charge on any atom is 0.256 e. The Hall–Kier alpha value is -1.53. The third-order valence-corrected chi connectivity index (χ3v) is 4.70. The zero-order valence-electron chi connectivity index (χ0n) is 10.8. The molecule has 1 amide bonds. The van der Waals surface area contributed by atoms with Crippen molar-refractivity contribution in [2.24, 2.45) is 0 Å². The average molecular weight is 275 g/mol. The van der Waals surface area contributed by atoms with Crippen molar-refractivity contribution in [3.05, 3.63) is 33.8 Å². The van der Waals surface area contributed by atoms with E-state index in [0.717, 1.165) is 36.8 Å². The zero-order chi connectivity index (χ0) is 13.6. The quantitative estimate of drug-likeness (QED) is 0.785. The Morgan fingerprint density at radius 2 is 2.05 bits per heavy atom. The SMILES string of the molecule is Cc1c(Cl)ccc2c1C(=O)N(C1CCCC1)C2C#N. The molecule has 1 unspecified atom stereocenters. The van der Waals surface area contributed by atoms with Crippen LogP contribution in [0, 0.1) is 18.3 Å². The van der Waals surface area contributed by atoms with Crippen LogP contribution in [0.2, 0.25) is 5.02 Å². The van der Waals surface area contributed by atoms with E-state index in [0.29, 0.717) is 10.6 Å². The monoisotopic (exact) mass is 274 g/mol. The topological polar surface area (TPSA) is 44.1 Å². The second-order valence-electron chi connectivity index (χ2n) is 5.32. The average Bonchev–Trinajstić information content (AvgIpc) is 2.99. The summed E-state index contributed by atoms with van der Waals surface area (Å²) in [6.45, 7) is 1.85. The number of carbonyl (C=O) groups excluding carboxylic acids is 1. The number of hydrogen-bond donors (Lipinski definition) is 0. The molecule has 2 aliphatic rings. The summed E-state index contributed by atoms with van der Waals surface area (Å²) in [5.74, 6) is -0.0200. The molecule has 1 heterocycles. The minimum Gasteiger partial charge on any atom is -0.315 e. The lowest BCUT2D eigenvalue weighted by molar-refractivity contribution is 0.0677. The van der Waals surface area contributed by atoms with Crippen LogP contribution in [-0.2, 0) is 0 Å². The van der Waals surface area contributed by atoms with Gasteiger partial charge in [0.15, 0.2) is 0 Å². The molecule has 0 aromatic heterocycles. The molecule has 98 valence electrons. The van der Waals surface area contributed by atoms with Gasteiger partial charge in [-0.1, -0.05) is 30.5 Å². The van der Waals surface area contributed by atoms with E-state index >= 15 is 0 Å². The van der Waals surface area contributed by atoms with E-state index in [4.69, 9.17) is 11.6 Å². The number of nitrogens with zero attached hydrogens (tertiary/aromatic N) is 2. The highest BCUT2D eigenvalue weighted by molar-refractivity contribution is 6.32. The second kappa shape index (κ2) is 4.54. The number of nitriles is 1. The molecule has 1 atom stereocenters. The fourth-order valence-corrected chi connectivity index (χ4v) is 3.46. The van der Waals surface area contributed by atoms with Crippen molar-refractivity contribution < 1.29 is 4.79 Å². The standard InChI is InChI=1S/C15H15ClN2O/c1-9-12(16)7-6-11-13(8-17)18(15(19)14(9)11)10-4-2-3-5-10/h6-7,10,13H,2-5H2,1H3. The highest BCUT2D eigenvalue weighted by atomic mass is 35.5. The molecule has 4 heteroatoms. The summed E-state index contributed by atoms with van der Waals surface area (Å²) in [4.78, 5) is 14.4. The Morgan fingerprint density at radius 1 is 1.37 bits per heavy atom. The van der Waals surface area contributed by atoms with E-state index in [2.05, 4.69) is 6.07 Å². The Labute approximate surface area is 117 Å². The largest absolute Gasteiger partial charge is 0.315 e. The molecule has 1 aliphatic carbocycles.